The maximum absolute atomic E-state index is 12.9. The second-order valence-electron chi connectivity index (χ2n) is 4.94. The van der Waals surface area contributed by atoms with Gasteiger partial charge in [-0.15, -0.1) is 0 Å². The van der Waals surface area contributed by atoms with Crippen molar-refractivity contribution in [3.05, 3.63) is 29.8 Å². The summed E-state index contributed by atoms with van der Waals surface area (Å²) in [7, 11) is 0. The monoisotopic (exact) mass is 252 g/mol. The zero-order valence-electron chi connectivity index (χ0n) is 11.0. The van der Waals surface area contributed by atoms with Crippen molar-refractivity contribution in [3.63, 3.8) is 0 Å². The molecule has 0 aromatic carbocycles. The molecule has 0 saturated heterocycles. The molecule has 0 radical (unpaired) electrons. The van der Waals surface area contributed by atoms with E-state index < -0.39 is 5.82 Å². The summed E-state index contributed by atoms with van der Waals surface area (Å²) in [4.78, 5) is 15.6. The van der Waals surface area contributed by atoms with Crippen LogP contribution in [0.25, 0.3) is 0 Å². The van der Waals surface area contributed by atoms with Crippen molar-refractivity contribution in [1.29, 1.82) is 0 Å². The van der Waals surface area contributed by atoms with Gasteiger partial charge in [0.25, 0.3) is 0 Å². The summed E-state index contributed by atoms with van der Waals surface area (Å²) in [6.07, 6.45) is 4.66. The van der Waals surface area contributed by atoms with Crippen molar-refractivity contribution in [1.82, 2.24) is 4.98 Å². The normalized spacial score (nSPS) is 12.7. The largest absolute Gasteiger partial charge is 0.330 e. The second-order valence-corrected chi connectivity index (χ2v) is 4.94. The van der Waals surface area contributed by atoms with Crippen molar-refractivity contribution in [3.8, 4) is 0 Å². The molecule has 2 N–H and O–H groups in total. The summed E-state index contributed by atoms with van der Waals surface area (Å²) in [5.74, 6) is 0.431. The molecular formula is C14H21FN2O. The van der Waals surface area contributed by atoms with Crippen LogP contribution in [0.3, 0.4) is 0 Å². The van der Waals surface area contributed by atoms with Gasteiger partial charge in [0, 0.05) is 18.2 Å². The predicted octanol–water partition coefficient (Wildman–Crippen LogP) is 2.80. The fourth-order valence-corrected chi connectivity index (χ4v) is 2.05. The van der Waals surface area contributed by atoms with E-state index in [-0.39, 0.29) is 5.78 Å². The Morgan fingerprint density at radius 3 is 2.67 bits per heavy atom. The number of Topliss-reactive ketones (excluding diaryl/α,β-unsaturated/α-hetero) is 1. The van der Waals surface area contributed by atoms with Gasteiger partial charge < -0.3 is 5.73 Å². The van der Waals surface area contributed by atoms with Crippen LogP contribution in [-0.4, -0.2) is 17.3 Å². The zero-order chi connectivity index (χ0) is 13.5. The molecule has 0 amide bonds. The Morgan fingerprint density at radius 2 is 2.11 bits per heavy atom. The van der Waals surface area contributed by atoms with E-state index in [0.29, 0.717) is 30.4 Å². The molecule has 1 rings (SSSR count). The number of halogens is 1. The van der Waals surface area contributed by atoms with Crippen LogP contribution in [0.5, 0.6) is 0 Å². The average Bonchev–Trinajstić information content (AvgIpc) is 2.33. The fourth-order valence-electron chi connectivity index (χ4n) is 2.05. The molecule has 1 aromatic rings. The Hall–Kier alpha value is -1.29. The summed E-state index contributed by atoms with van der Waals surface area (Å²) in [5.41, 5.74) is 5.91. The van der Waals surface area contributed by atoms with Gasteiger partial charge in [-0.2, -0.15) is 0 Å². The number of nitrogens with zero attached hydrogens (tertiary/aromatic N) is 1. The molecule has 0 bridgehead atoms. The van der Waals surface area contributed by atoms with Gasteiger partial charge in [0.05, 0.1) is 6.20 Å². The highest BCUT2D eigenvalue weighted by Gasteiger charge is 2.15. The molecule has 1 aromatic heterocycles. The van der Waals surface area contributed by atoms with Gasteiger partial charge in [-0.3, -0.25) is 9.78 Å². The zero-order valence-corrected chi connectivity index (χ0v) is 11.0. The predicted molar refractivity (Wildman–Crippen MR) is 69.8 cm³/mol. The van der Waals surface area contributed by atoms with E-state index in [4.69, 9.17) is 5.73 Å². The Balaban J connectivity index is 2.54. The van der Waals surface area contributed by atoms with Crippen LogP contribution in [0.15, 0.2) is 18.5 Å². The van der Waals surface area contributed by atoms with Gasteiger partial charge in [0.1, 0.15) is 5.82 Å². The third-order valence-corrected chi connectivity index (χ3v) is 3.25. The number of carbonyl (C=O) groups is 1. The van der Waals surface area contributed by atoms with E-state index in [0.717, 1.165) is 19.0 Å². The highest BCUT2D eigenvalue weighted by atomic mass is 19.1. The molecule has 100 valence electrons. The van der Waals surface area contributed by atoms with E-state index in [2.05, 4.69) is 18.8 Å². The first-order valence-corrected chi connectivity index (χ1v) is 6.38. The minimum absolute atomic E-state index is 0.0512. The third kappa shape index (κ3) is 4.53. The van der Waals surface area contributed by atoms with Crippen molar-refractivity contribution in [2.75, 3.05) is 6.54 Å². The standard InChI is InChI=1S/C14H21FN2O/c1-10(2)11(5-6-16)3-4-14(18)12-7-13(15)9-17-8-12/h7-11H,3-6,16H2,1-2H3. The highest BCUT2D eigenvalue weighted by Crippen LogP contribution is 2.21. The molecule has 1 atom stereocenters. The second kappa shape index (κ2) is 7.21. The molecule has 0 aliphatic heterocycles. The lowest BCUT2D eigenvalue weighted by molar-refractivity contribution is 0.0968. The van der Waals surface area contributed by atoms with Gasteiger partial charge >= 0.3 is 0 Å². The van der Waals surface area contributed by atoms with Crippen molar-refractivity contribution >= 4 is 5.78 Å². The van der Waals surface area contributed by atoms with E-state index in [1.807, 2.05) is 0 Å². The van der Waals surface area contributed by atoms with Crippen molar-refractivity contribution in [2.24, 2.45) is 17.6 Å². The van der Waals surface area contributed by atoms with E-state index in [1.54, 1.807) is 0 Å². The van der Waals surface area contributed by atoms with Crippen LogP contribution in [0.2, 0.25) is 0 Å². The van der Waals surface area contributed by atoms with Crippen molar-refractivity contribution in [2.45, 2.75) is 33.1 Å². The molecule has 0 aliphatic rings. The lowest BCUT2D eigenvalue weighted by Crippen LogP contribution is -2.16. The van der Waals surface area contributed by atoms with Crippen LogP contribution in [-0.2, 0) is 0 Å². The van der Waals surface area contributed by atoms with Crippen molar-refractivity contribution < 1.29 is 9.18 Å². The SMILES string of the molecule is CC(C)C(CCN)CCC(=O)c1cncc(F)c1. The quantitative estimate of drug-likeness (QED) is 0.759. The Kier molecular flexibility index (Phi) is 5.92. The van der Waals surface area contributed by atoms with E-state index >= 15 is 0 Å². The number of carbonyl (C=O) groups excluding carboxylic acids is 1. The molecule has 0 fully saturated rings. The van der Waals surface area contributed by atoms with Crippen LogP contribution < -0.4 is 5.73 Å². The molecular weight excluding hydrogens is 231 g/mol. The molecule has 3 nitrogen and oxygen atoms in total. The number of hydrogen-bond acceptors (Lipinski definition) is 3. The van der Waals surface area contributed by atoms with Gasteiger partial charge in [-0.05, 0) is 37.3 Å². The first kappa shape index (κ1) is 14.8. The minimum atomic E-state index is -0.469. The Bertz CT molecular complexity index is 393. The first-order valence-electron chi connectivity index (χ1n) is 6.38. The van der Waals surface area contributed by atoms with Crippen LogP contribution in [0.1, 0.15) is 43.5 Å². The van der Waals surface area contributed by atoms with Crippen LogP contribution >= 0.6 is 0 Å². The Labute approximate surface area is 108 Å². The van der Waals surface area contributed by atoms with E-state index in [9.17, 15) is 9.18 Å². The third-order valence-electron chi connectivity index (χ3n) is 3.25. The number of nitrogens with two attached hydrogens (primary N) is 1. The molecule has 1 heterocycles. The lowest BCUT2D eigenvalue weighted by atomic mass is 9.87. The van der Waals surface area contributed by atoms with Gasteiger partial charge in [0.2, 0.25) is 0 Å². The summed E-state index contributed by atoms with van der Waals surface area (Å²) < 4.78 is 12.9. The van der Waals surface area contributed by atoms with Crippen LogP contribution in [0, 0.1) is 17.7 Å². The van der Waals surface area contributed by atoms with Crippen LogP contribution in [0.4, 0.5) is 4.39 Å². The van der Waals surface area contributed by atoms with Gasteiger partial charge in [0.15, 0.2) is 5.78 Å². The summed E-state index contributed by atoms with van der Waals surface area (Å²) in [6.45, 7) is 4.90. The number of hydrogen-bond donors (Lipinski definition) is 1. The number of pyridine rings is 1. The maximum Gasteiger partial charge on any atom is 0.164 e. The number of rotatable bonds is 7. The Morgan fingerprint density at radius 1 is 1.39 bits per heavy atom. The molecule has 4 heteroatoms. The fraction of sp³-hybridized carbons (Fsp3) is 0.571. The summed E-state index contributed by atoms with van der Waals surface area (Å²) in [5, 5.41) is 0. The number of ketones is 1. The molecule has 1 unspecified atom stereocenters. The average molecular weight is 252 g/mol. The highest BCUT2D eigenvalue weighted by molar-refractivity contribution is 5.95. The topological polar surface area (TPSA) is 56.0 Å². The summed E-state index contributed by atoms with van der Waals surface area (Å²) in [6, 6.07) is 1.24. The lowest BCUT2D eigenvalue weighted by Gasteiger charge is -2.19. The molecule has 0 saturated carbocycles. The smallest absolute Gasteiger partial charge is 0.164 e. The molecule has 0 spiro atoms. The maximum atomic E-state index is 12.9. The first-order chi connectivity index (χ1) is 8.54. The molecule has 0 aliphatic carbocycles. The number of aromatic nitrogens is 1. The minimum Gasteiger partial charge on any atom is -0.330 e. The summed E-state index contributed by atoms with van der Waals surface area (Å²) >= 11 is 0. The molecule has 18 heavy (non-hydrogen) atoms. The van der Waals surface area contributed by atoms with E-state index in [1.165, 1.54) is 12.3 Å². The van der Waals surface area contributed by atoms with Gasteiger partial charge in [-0.1, -0.05) is 13.8 Å². The van der Waals surface area contributed by atoms with Gasteiger partial charge in [-0.25, -0.2) is 4.39 Å².